The molecule has 6 heteroatoms. The molecule has 21 heavy (non-hydrogen) atoms. The van der Waals surface area contributed by atoms with Crippen LogP contribution in [0.15, 0.2) is 29.1 Å². The van der Waals surface area contributed by atoms with E-state index in [2.05, 4.69) is 14.9 Å². The average molecular weight is 287 g/mol. The molecule has 0 aliphatic carbocycles. The summed E-state index contributed by atoms with van der Waals surface area (Å²) in [6.07, 6.45) is 5.83. The first-order valence-electron chi connectivity index (χ1n) is 6.93. The Bertz CT molecular complexity index is 617. The highest BCUT2D eigenvalue weighted by atomic mass is 16.5. The highest BCUT2D eigenvalue weighted by Crippen LogP contribution is 2.26. The van der Waals surface area contributed by atoms with Crippen molar-refractivity contribution in [3.05, 3.63) is 30.3 Å². The molecule has 0 amide bonds. The van der Waals surface area contributed by atoms with Crippen LogP contribution in [0.3, 0.4) is 0 Å². The van der Waals surface area contributed by atoms with Crippen molar-refractivity contribution >= 4 is 12.0 Å². The Hall–Kier alpha value is -2.21. The van der Waals surface area contributed by atoms with E-state index < -0.39 is 0 Å². The Morgan fingerprint density at radius 2 is 2.05 bits per heavy atom. The fourth-order valence-corrected chi connectivity index (χ4v) is 2.66. The first kappa shape index (κ1) is 13.8. The van der Waals surface area contributed by atoms with Crippen LogP contribution in [-0.2, 0) is 4.74 Å². The summed E-state index contributed by atoms with van der Waals surface area (Å²) in [7, 11) is 0. The summed E-state index contributed by atoms with van der Waals surface area (Å²) < 4.78 is 10.9. The number of rotatable bonds is 3. The highest BCUT2D eigenvalue weighted by molar-refractivity contribution is 5.86. The van der Waals surface area contributed by atoms with Crippen molar-refractivity contribution in [2.24, 2.45) is 0 Å². The number of hydrogen-bond donors (Lipinski definition) is 0. The van der Waals surface area contributed by atoms with Gasteiger partial charge in [0.2, 0.25) is 5.89 Å². The summed E-state index contributed by atoms with van der Waals surface area (Å²) in [5, 5.41) is 0. The van der Waals surface area contributed by atoms with Crippen molar-refractivity contribution in [2.75, 3.05) is 18.0 Å². The summed E-state index contributed by atoms with van der Waals surface area (Å²) in [6, 6.07) is 1.71. The van der Waals surface area contributed by atoms with Crippen LogP contribution >= 0.6 is 0 Å². The molecule has 2 unspecified atom stereocenters. The molecule has 0 N–H and O–H groups in total. The summed E-state index contributed by atoms with van der Waals surface area (Å²) in [6.45, 7) is 5.53. The van der Waals surface area contributed by atoms with E-state index in [-0.39, 0.29) is 12.2 Å². The maximum absolute atomic E-state index is 11.4. The Kier molecular flexibility index (Phi) is 3.70. The molecule has 110 valence electrons. The zero-order chi connectivity index (χ0) is 14.8. The van der Waals surface area contributed by atoms with Gasteiger partial charge >= 0.3 is 0 Å². The van der Waals surface area contributed by atoms with E-state index in [0.717, 1.165) is 25.1 Å². The number of pyridine rings is 1. The lowest BCUT2D eigenvalue weighted by atomic mass is 10.1. The number of aldehydes is 1. The van der Waals surface area contributed by atoms with Crippen LogP contribution in [0.4, 0.5) is 5.69 Å². The fraction of sp³-hybridized carbons (Fsp3) is 0.400. The van der Waals surface area contributed by atoms with Crippen LogP contribution in [0, 0.1) is 0 Å². The number of ether oxygens (including phenoxy) is 1. The third-order valence-electron chi connectivity index (χ3n) is 3.45. The molecule has 1 saturated heterocycles. The molecule has 3 rings (SSSR count). The van der Waals surface area contributed by atoms with Crippen LogP contribution in [-0.4, -0.2) is 41.6 Å². The Balaban J connectivity index is 1.94. The second-order valence-electron chi connectivity index (χ2n) is 5.25. The Labute approximate surface area is 122 Å². The van der Waals surface area contributed by atoms with Gasteiger partial charge in [-0.15, -0.1) is 0 Å². The zero-order valence-electron chi connectivity index (χ0n) is 12.0. The van der Waals surface area contributed by atoms with Gasteiger partial charge in [-0.25, -0.2) is 9.97 Å². The van der Waals surface area contributed by atoms with Gasteiger partial charge in [0, 0.05) is 18.7 Å². The van der Waals surface area contributed by atoms with E-state index in [0.29, 0.717) is 17.1 Å². The quantitative estimate of drug-likeness (QED) is 0.806. The summed E-state index contributed by atoms with van der Waals surface area (Å²) in [5.74, 6) is 0.411. The van der Waals surface area contributed by atoms with Crippen molar-refractivity contribution < 1.29 is 13.9 Å². The van der Waals surface area contributed by atoms with Gasteiger partial charge in [-0.1, -0.05) is 0 Å². The van der Waals surface area contributed by atoms with Crippen LogP contribution in [0.1, 0.15) is 24.2 Å². The van der Waals surface area contributed by atoms with E-state index in [1.807, 2.05) is 13.8 Å². The molecule has 0 saturated carbocycles. The molecule has 0 spiro atoms. The minimum Gasteiger partial charge on any atom is -0.443 e. The molecular formula is C15H17N3O3. The summed E-state index contributed by atoms with van der Waals surface area (Å²) in [5.41, 5.74) is 1.96. The normalized spacial score (nSPS) is 22.3. The first-order valence-corrected chi connectivity index (χ1v) is 6.93. The van der Waals surface area contributed by atoms with Crippen LogP contribution in [0.25, 0.3) is 11.6 Å². The van der Waals surface area contributed by atoms with Gasteiger partial charge in [0.25, 0.3) is 0 Å². The van der Waals surface area contributed by atoms with Crippen LogP contribution < -0.4 is 4.90 Å². The smallest absolute Gasteiger partial charge is 0.245 e. The van der Waals surface area contributed by atoms with E-state index in [9.17, 15) is 4.79 Å². The fourth-order valence-electron chi connectivity index (χ4n) is 2.66. The standard InChI is InChI=1S/C15H17N3O3/c1-10-7-18(8-11(2)21-10)14-6-17-13(5-12(14)9-19)15-16-3-4-20-15/h3-6,9-11H,7-8H2,1-2H3. The Morgan fingerprint density at radius 1 is 1.29 bits per heavy atom. The number of hydrogen-bond acceptors (Lipinski definition) is 6. The van der Waals surface area contributed by atoms with Gasteiger partial charge in [0.15, 0.2) is 6.29 Å². The third kappa shape index (κ3) is 2.80. The largest absolute Gasteiger partial charge is 0.443 e. The topological polar surface area (TPSA) is 68.5 Å². The maximum atomic E-state index is 11.4. The molecule has 1 aliphatic rings. The van der Waals surface area contributed by atoms with E-state index in [4.69, 9.17) is 9.15 Å². The Morgan fingerprint density at radius 3 is 2.67 bits per heavy atom. The number of aromatic nitrogens is 2. The van der Waals surface area contributed by atoms with Gasteiger partial charge in [-0.3, -0.25) is 4.79 Å². The molecule has 0 bridgehead atoms. The van der Waals surface area contributed by atoms with Crippen molar-refractivity contribution in [3.8, 4) is 11.6 Å². The van der Waals surface area contributed by atoms with Gasteiger partial charge in [-0.2, -0.15) is 0 Å². The molecule has 3 heterocycles. The molecule has 0 aromatic carbocycles. The zero-order valence-corrected chi connectivity index (χ0v) is 12.0. The molecule has 1 fully saturated rings. The number of morpholine rings is 1. The molecule has 2 aromatic heterocycles. The van der Waals surface area contributed by atoms with Gasteiger partial charge in [-0.05, 0) is 19.9 Å². The second kappa shape index (κ2) is 5.65. The van der Waals surface area contributed by atoms with Gasteiger partial charge < -0.3 is 14.1 Å². The monoisotopic (exact) mass is 287 g/mol. The SMILES string of the molecule is CC1CN(c2cnc(-c3ncco3)cc2C=O)CC(C)O1. The van der Waals surface area contributed by atoms with Gasteiger partial charge in [0.05, 0.1) is 30.3 Å². The highest BCUT2D eigenvalue weighted by Gasteiger charge is 2.24. The lowest BCUT2D eigenvalue weighted by Gasteiger charge is -2.37. The van der Waals surface area contributed by atoms with Crippen LogP contribution in [0.5, 0.6) is 0 Å². The lowest BCUT2D eigenvalue weighted by molar-refractivity contribution is -0.00527. The molecule has 0 radical (unpaired) electrons. The molecule has 1 aliphatic heterocycles. The summed E-state index contributed by atoms with van der Waals surface area (Å²) >= 11 is 0. The minimum atomic E-state index is 0.125. The van der Waals surface area contributed by atoms with Crippen molar-refractivity contribution in [2.45, 2.75) is 26.1 Å². The van der Waals surface area contributed by atoms with E-state index >= 15 is 0 Å². The second-order valence-corrected chi connectivity index (χ2v) is 5.25. The molecule has 2 aromatic rings. The predicted octanol–water partition coefficient (Wildman–Crippen LogP) is 2.16. The van der Waals surface area contributed by atoms with E-state index in [1.165, 1.54) is 6.26 Å². The number of oxazole rings is 1. The molecule has 2 atom stereocenters. The predicted molar refractivity (Wildman–Crippen MR) is 77.3 cm³/mol. The van der Waals surface area contributed by atoms with Crippen LogP contribution in [0.2, 0.25) is 0 Å². The summed E-state index contributed by atoms with van der Waals surface area (Å²) in [4.78, 5) is 22.0. The number of nitrogens with zero attached hydrogens (tertiary/aromatic N) is 3. The number of carbonyl (C=O) groups is 1. The number of anilines is 1. The van der Waals surface area contributed by atoms with Crippen molar-refractivity contribution in [1.82, 2.24) is 9.97 Å². The maximum Gasteiger partial charge on any atom is 0.245 e. The average Bonchev–Trinajstić information content (AvgIpc) is 2.99. The number of carbonyl (C=O) groups excluding carboxylic acids is 1. The molecular weight excluding hydrogens is 270 g/mol. The first-order chi connectivity index (χ1) is 10.2. The lowest BCUT2D eigenvalue weighted by Crippen LogP contribution is -2.45. The van der Waals surface area contributed by atoms with Crippen molar-refractivity contribution in [1.29, 1.82) is 0 Å². The third-order valence-corrected chi connectivity index (χ3v) is 3.45. The minimum absolute atomic E-state index is 0.125. The van der Waals surface area contributed by atoms with Crippen molar-refractivity contribution in [3.63, 3.8) is 0 Å². The van der Waals surface area contributed by atoms with Gasteiger partial charge in [0.1, 0.15) is 12.0 Å². The molecule has 6 nitrogen and oxygen atoms in total. The van der Waals surface area contributed by atoms with E-state index in [1.54, 1.807) is 18.5 Å².